The highest BCUT2D eigenvalue weighted by Gasteiger charge is 2.30. The second kappa shape index (κ2) is 6.54. The first-order chi connectivity index (χ1) is 12.1. The Morgan fingerprint density at radius 1 is 1.12 bits per heavy atom. The SMILES string of the molecule is O=C1OCCC1Sc1nc2ccccc2c(=O)n1-c1ccccc1Cl. The predicted octanol–water partition coefficient (Wildman–Crippen LogP) is 3.45. The van der Waals surface area contributed by atoms with Crippen LogP contribution in [0.15, 0.2) is 58.5 Å². The minimum Gasteiger partial charge on any atom is -0.465 e. The smallest absolute Gasteiger partial charge is 0.319 e. The van der Waals surface area contributed by atoms with Gasteiger partial charge in [0.2, 0.25) is 0 Å². The van der Waals surface area contributed by atoms with Crippen molar-refractivity contribution in [1.29, 1.82) is 0 Å². The van der Waals surface area contributed by atoms with Gasteiger partial charge in [0.1, 0.15) is 5.25 Å². The Kier molecular flexibility index (Phi) is 4.23. The van der Waals surface area contributed by atoms with Crippen LogP contribution < -0.4 is 5.56 Å². The molecule has 0 aliphatic carbocycles. The first kappa shape index (κ1) is 16.2. The number of fused-ring (bicyclic) bond motifs is 1. The van der Waals surface area contributed by atoms with Crippen molar-refractivity contribution in [2.75, 3.05) is 6.61 Å². The molecule has 1 unspecified atom stereocenters. The number of carbonyl (C=O) groups excluding carboxylic acids is 1. The van der Waals surface area contributed by atoms with Gasteiger partial charge in [0.05, 0.1) is 28.2 Å². The van der Waals surface area contributed by atoms with Crippen molar-refractivity contribution in [3.8, 4) is 5.69 Å². The molecule has 1 aromatic heterocycles. The Morgan fingerprint density at radius 3 is 2.64 bits per heavy atom. The van der Waals surface area contributed by atoms with Crippen LogP contribution in [0.25, 0.3) is 16.6 Å². The molecule has 1 fully saturated rings. The van der Waals surface area contributed by atoms with Crippen LogP contribution in [0.4, 0.5) is 0 Å². The molecule has 2 aromatic carbocycles. The minimum atomic E-state index is -0.373. The van der Waals surface area contributed by atoms with Gasteiger partial charge < -0.3 is 4.74 Å². The van der Waals surface area contributed by atoms with Crippen molar-refractivity contribution in [2.24, 2.45) is 0 Å². The molecule has 3 aromatic rings. The fourth-order valence-corrected chi connectivity index (χ4v) is 4.04. The van der Waals surface area contributed by atoms with E-state index >= 15 is 0 Å². The molecule has 25 heavy (non-hydrogen) atoms. The molecule has 7 heteroatoms. The van der Waals surface area contributed by atoms with Gasteiger partial charge in [-0.3, -0.25) is 14.2 Å². The van der Waals surface area contributed by atoms with Crippen molar-refractivity contribution < 1.29 is 9.53 Å². The topological polar surface area (TPSA) is 61.2 Å². The Morgan fingerprint density at radius 2 is 1.88 bits per heavy atom. The maximum Gasteiger partial charge on any atom is 0.319 e. The first-order valence-corrected chi connectivity index (χ1v) is 9.01. The molecule has 5 nitrogen and oxygen atoms in total. The van der Waals surface area contributed by atoms with Gasteiger partial charge in [0, 0.05) is 6.42 Å². The molecule has 1 aliphatic rings. The molecular formula is C18H13ClN2O3S. The predicted molar refractivity (Wildman–Crippen MR) is 97.6 cm³/mol. The number of cyclic esters (lactones) is 1. The number of aromatic nitrogens is 2. The van der Waals surface area contributed by atoms with Crippen LogP contribution in [-0.4, -0.2) is 27.4 Å². The van der Waals surface area contributed by atoms with Gasteiger partial charge in [-0.1, -0.05) is 47.6 Å². The van der Waals surface area contributed by atoms with Crippen molar-refractivity contribution in [3.05, 3.63) is 63.9 Å². The molecule has 0 amide bonds. The second-order valence-electron chi connectivity index (χ2n) is 5.57. The molecule has 4 rings (SSSR count). The third kappa shape index (κ3) is 2.92. The van der Waals surface area contributed by atoms with Crippen LogP contribution >= 0.6 is 23.4 Å². The van der Waals surface area contributed by atoms with Crippen LogP contribution in [0.5, 0.6) is 0 Å². The number of hydrogen-bond acceptors (Lipinski definition) is 5. The summed E-state index contributed by atoms with van der Waals surface area (Å²) in [7, 11) is 0. The van der Waals surface area contributed by atoms with Gasteiger partial charge in [-0.25, -0.2) is 4.98 Å². The zero-order valence-electron chi connectivity index (χ0n) is 13.0. The van der Waals surface area contributed by atoms with E-state index in [0.717, 1.165) is 0 Å². The molecule has 0 spiro atoms. The van der Waals surface area contributed by atoms with Crippen molar-refractivity contribution in [1.82, 2.24) is 9.55 Å². The maximum absolute atomic E-state index is 13.1. The third-order valence-corrected chi connectivity index (χ3v) is 5.49. The summed E-state index contributed by atoms with van der Waals surface area (Å²) in [6.45, 7) is 0.389. The Balaban J connectivity index is 1.96. The molecule has 1 aliphatic heterocycles. The highest BCUT2D eigenvalue weighted by Crippen LogP contribution is 2.31. The number of benzene rings is 2. The normalized spacial score (nSPS) is 17.0. The lowest BCUT2D eigenvalue weighted by molar-refractivity contribution is -0.137. The summed E-state index contributed by atoms with van der Waals surface area (Å²) in [6, 6.07) is 14.2. The van der Waals surface area contributed by atoms with E-state index in [1.807, 2.05) is 6.07 Å². The quantitative estimate of drug-likeness (QED) is 0.520. The van der Waals surface area contributed by atoms with E-state index in [9.17, 15) is 9.59 Å². The van der Waals surface area contributed by atoms with Crippen LogP contribution in [0.2, 0.25) is 5.02 Å². The number of para-hydroxylation sites is 2. The number of carbonyl (C=O) groups is 1. The summed E-state index contributed by atoms with van der Waals surface area (Å²) in [4.78, 5) is 29.6. The lowest BCUT2D eigenvalue weighted by Crippen LogP contribution is -2.23. The van der Waals surface area contributed by atoms with Gasteiger partial charge >= 0.3 is 5.97 Å². The number of ether oxygens (including phenoxy) is 1. The van der Waals surface area contributed by atoms with E-state index in [4.69, 9.17) is 16.3 Å². The zero-order chi connectivity index (χ0) is 17.4. The highest BCUT2D eigenvalue weighted by molar-refractivity contribution is 8.00. The van der Waals surface area contributed by atoms with E-state index < -0.39 is 0 Å². The minimum absolute atomic E-state index is 0.215. The molecule has 0 N–H and O–H groups in total. The van der Waals surface area contributed by atoms with E-state index in [0.29, 0.717) is 39.8 Å². The Hall–Kier alpha value is -2.31. The summed E-state index contributed by atoms with van der Waals surface area (Å²) in [5.74, 6) is -0.280. The van der Waals surface area contributed by atoms with Gasteiger partial charge in [0.15, 0.2) is 5.16 Å². The standard InChI is InChI=1S/C18H13ClN2O3S/c19-12-6-2-4-8-14(12)21-16(22)11-5-1-3-7-13(11)20-18(21)25-15-9-10-24-17(15)23/h1-8,15H,9-10H2. The second-order valence-corrected chi connectivity index (χ2v) is 7.14. The van der Waals surface area contributed by atoms with Crippen molar-refractivity contribution in [3.63, 3.8) is 0 Å². The Bertz CT molecular complexity index is 1030. The first-order valence-electron chi connectivity index (χ1n) is 7.75. The maximum atomic E-state index is 13.1. The van der Waals surface area contributed by atoms with Gasteiger partial charge in [0.25, 0.3) is 5.56 Å². The summed E-state index contributed by atoms with van der Waals surface area (Å²) in [5, 5.41) is 1.00. The number of halogens is 1. The van der Waals surface area contributed by atoms with Crippen molar-refractivity contribution in [2.45, 2.75) is 16.8 Å². The fraction of sp³-hybridized carbons (Fsp3) is 0.167. The van der Waals surface area contributed by atoms with Crippen molar-refractivity contribution >= 4 is 40.2 Å². The number of rotatable bonds is 3. The lowest BCUT2D eigenvalue weighted by Gasteiger charge is -2.15. The van der Waals surface area contributed by atoms with Gasteiger partial charge in [-0.05, 0) is 24.3 Å². The average molecular weight is 373 g/mol. The van der Waals surface area contributed by atoms with E-state index in [2.05, 4.69) is 4.98 Å². The number of esters is 1. The number of nitrogens with zero attached hydrogens (tertiary/aromatic N) is 2. The molecule has 0 radical (unpaired) electrons. The summed E-state index contributed by atoms with van der Waals surface area (Å²) in [6.07, 6.45) is 0.592. The number of thioether (sulfide) groups is 1. The van der Waals surface area contributed by atoms with Crippen LogP contribution in [0.1, 0.15) is 6.42 Å². The monoisotopic (exact) mass is 372 g/mol. The summed E-state index contributed by atoms with van der Waals surface area (Å²) >= 11 is 7.55. The molecule has 0 bridgehead atoms. The van der Waals surface area contributed by atoms with Crippen LogP contribution in [0.3, 0.4) is 0 Å². The molecular weight excluding hydrogens is 360 g/mol. The van der Waals surface area contributed by atoms with Gasteiger partial charge in [-0.2, -0.15) is 0 Å². The molecule has 0 saturated carbocycles. The molecule has 1 atom stereocenters. The van der Waals surface area contributed by atoms with E-state index in [1.54, 1.807) is 42.5 Å². The van der Waals surface area contributed by atoms with Crippen LogP contribution in [-0.2, 0) is 9.53 Å². The zero-order valence-corrected chi connectivity index (χ0v) is 14.6. The molecule has 126 valence electrons. The van der Waals surface area contributed by atoms with E-state index in [1.165, 1.54) is 16.3 Å². The fourth-order valence-electron chi connectivity index (χ4n) is 2.75. The van der Waals surface area contributed by atoms with Gasteiger partial charge in [-0.15, -0.1) is 0 Å². The largest absolute Gasteiger partial charge is 0.465 e. The average Bonchev–Trinajstić information content (AvgIpc) is 3.01. The Labute approximate surface area is 152 Å². The molecule has 1 saturated heterocycles. The third-order valence-electron chi connectivity index (χ3n) is 3.97. The highest BCUT2D eigenvalue weighted by atomic mass is 35.5. The summed E-state index contributed by atoms with van der Waals surface area (Å²) < 4.78 is 6.50. The van der Waals surface area contributed by atoms with Crippen LogP contribution in [0, 0.1) is 0 Å². The number of hydrogen-bond donors (Lipinski definition) is 0. The lowest BCUT2D eigenvalue weighted by atomic mass is 10.2. The summed E-state index contributed by atoms with van der Waals surface area (Å²) in [5.41, 5.74) is 0.915. The van der Waals surface area contributed by atoms with E-state index in [-0.39, 0.29) is 16.8 Å². The molecule has 2 heterocycles.